The lowest BCUT2D eigenvalue weighted by molar-refractivity contribution is -0.132. The molecule has 1 fully saturated rings. The molecular weight excluding hydrogens is 709 g/mol. The van der Waals surface area contributed by atoms with Crippen LogP contribution in [0.25, 0.3) is 10.8 Å². The van der Waals surface area contributed by atoms with Gasteiger partial charge in [0.1, 0.15) is 17.4 Å². The molecule has 0 amide bonds. The number of dihydropyridines is 1. The molecule has 2 heterocycles. The van der Waals surface area contributed by atoms with E-state index < -0.39 is 23.4 Å². The average Bonchev–Trinajstić information content (AvgIpc) is 3.67. The van der Waals surface area contributed by atoms with Crippen LogP contribution in [0.4, 0.5) is 5.69 Å². The standard InChI is InChI=1S/C46H54N2O8/c1-27(2)26-56-42-24-31(23-40(53)45(42)54)29-8-11-35-34-12-10-33(49)21-30(34)9-13-36(35)48-43-25-32(16-19-47-43)46(17-4-5-18-46)44(39(52)22-29)38(51)15-7-28-6-14-37(50)41(20-28)55-3/h6,9-10,12-14,16,20-21,23-25,27,29,38,44,47-51,53-54H,4-5,7-8,11,15,17-19,22,26H2,1-3H3. The van der Waals surface area contributed by atoms with Crippen LogP contribution in [0.2, 0.25) is 0 Å². The van der Waals surface area contributed by atoms with Crippen LogP contribution in [0.5, 0.6) is 34.5 Å². The number of anilines is 1. The molecule has 2 aliphatic heterocycles. The molecule has 10 nitrogen and oxygen atoms in total. The maximum Gasteiger partial charge on any atom is 0.200 e. The molecule has 1 spiro atoms. The number of aliphatic hydroxyl groups is 1. The average molecular weight is 763 g/mol. The number of ketones is 1. The number of carbonyl (C=O) groups excluding carboxylic acids is 1. The van der Waals surface area contributed by atoms with E-state index in [0.29, 0.717) is 50.1 Å². The Hall–Kier alpha value is -5.35. The fourth-order valence-electron chi connectivity index (χ4n) is 9.20. The van der Waals surface area contributed by atoms with E-state index in [0.717, 1.165) is 64.7 Å². The van der Waals surface area contributed by atoms with Crippen molar-refractivity contribution in [2.75, 3.05) is 25.6 Å². The van der Waals surface area contributed by atoms with Gasteiger partial charge in [-0.3, -0.25) is 4.79 Å². The van der Waals surface area contributed by atoms with Gasteiger partial charge in [-0.25, -0.2) is 0 Å². The summed E-state index contributed by atoms with van der Waals surface area (Å²) in [5.74, 6) is -0.103. The van der Waals surface area contributed by atoms with Crippen molar-refractivity contribution in [3.8, 4) is 34.5 Å². The second kappa shape index (κ2) is 16.4. The first-order valence-electron chi connectivity index (χ1n) is 19.9. The summed E-state index contributed by atoms with van der Waals surface area (Å²) in [7, 11) is 1.50. The lowest BCUT2D eigenvalue weighted by atomic mass is 9.62. The van der Waals surface area contributed by atoms with Crippen molar-refractivity contribution in [3.63, 3.8) is 0 Å². The van der Waals surface area contributed by atoms with Crippen LogP contribution in [-0.2, 0) is 17.6 Å². The number of methoxy groups -OCH3 is 1. The molecule has 1 saturated carbocycles. The van der Waals surface area contributed by atoms with Gasteiger partial charge in [-0.2, -0.15) is 0 Å². The second-order valence-electron chi connectivity index (χ2n) is 16.2. The number of nitrogens with one attached hydrogen (secondary N) is 2. The highest BCUT2D eigenvalue weighted by Crippen LogP contribution is 2.54. The van der Waals surface area contributed by atoms with Gasteiger partial charge in [-0.1, -0.05) is 51.0 Å². The van der Waals surface area contributed by atoms with E-state index in [1.54, 1.807) is 30.3 Å². The number of hydrogen-bond acceptors (Lipinski definition) is 10. The number of Topliss-reactive ketones (excluding diaryl/α,β-unsaturated/α-hetero) is 1. The number of aryl methyl sites for hydroxylation is 2. The predicted molar refractivity (Wildman–Crippen MR) is 218 cm³/mol. The molecule has 10 heteroatoms. The van der Waals surface area contributed by atoms with Crippen molar-refractivity contribution in [2.24, 2.45) is 17.3 Å². The number of allylic oxidation sites excluding steroid dienone is 2. The van der Waals surface area contributed by atoms with E-state index in [1.165, 1.54) is 13.2 Å². The molecule has 4 aromatic rings. The van der Waals surface area contributed by atoms with E-state index in [4.69, 9.17) is 9.47 Å². The van der Waals surface area contributed by atoms with Crippen LogP contribution in [0, 0.1) is 17.3 Å². The lowest BCUT2D eigenvalue weighted by Crippen LogP contribution is -2.44. The molecular formula is C46H54N2O8. The van der Waals surface area contributed by atoms with Crippen LogP contribution >= 0.6 is 0 Å². The fourth-order valence-corrected chi connectivity index (χ4v) is 9.20. The van der Waals surface area contributed by atoms with Crippen LogP contribution in [0.1, 0.15) is 81.4 Å². The number of benzene rings is 4. The molecule has 3 unspecified atom stereocenters. The van der Waals surface area contributed by atoms with Gasteiger partial charge in [0.2, 0.25) is 5.75 Å². The summed E-state index contributed by atoms with van der Waals surface area (Å²) >= 11 is 0. The zero-order valence-corrected chi connectivity index (χ0v) is 32.5. The van der Waals surface area contributed by atoms with Gasteiger partial charge in [0.25, 0.3) is 0 Å². The number of carbonyl (C=O) groups is 1. The molecule has 3 atom stereocenters. The maximum atomic E-state index is 15.3. The Bertz CT molecular complexity index is 2150. The summed E-state index contributed by atoms with van der Waals surface area (Å²) in [6.07, 6.45) is 8.63. The van der Waals surface area contributed by atoms with Gasteiger partial charge < -0.3 is 45.6 Å². The monoisotopic (exact) mass is 762 g/mol. The quantitative estimate of drug-likeness (QED) is 0.0826. The summed E-state index contributed by atoms with van der Waals surface area (Å²) in [4.78, 5) is 15.3. The SMILES string of the molecule is COc1cc(CCC(O)C2C(=O)CC(c3cc(O)c(O)c(OCC(C)C)c3)CCc3c(ccc4cc(O)ccc34)NC3=CC(=CCN3)C23CCCC3)ccc1O. The van der Waals surface area contributed by atoms with Gasteiger partial charge in [0.15, 0.2) is 23.0 Å². The molecule has 1 aliphatic carbocycles. The molecule has 56 heavy (non-hydrogen) atoms. The maximum absolute atomic E-state index is 15.3. The van der Waals surface area contributed by atoms with Crippen molar-refractivity contribution in [1.82, 2.24) is 5.32 Å². The highest BCUT2D eigenvalue weighted by Gasteiger charge is 2.50. The van der Waals surface area contributed by atoms with Crippen molar-refractivity contribution < 1.29 is 39.8 Å². The topological polar surface area (TPSA) is 161 Å². The van der Waals surface area contributed by atoms with E-state index in [2.05, 4.69) is 22.8 Å². The van der Waals surface area contributed by atoms with E-state index in [9.17, 15) is 25.5 Å². The Morgan fingerprint density at radius 1 is 0.929 bits per heavy atom. The normalized spacial score (nSPS) is 20.1. The molecule has 0 saturated heterocycles. The van der Waals surface area contributed by atoms with Gasteiger partial charge in [-0.05, 0) is 132 Å². The van der Waals surface area contributed by atoms with Crippen LogP contribution in [0.15, 0.2) is 84.2 Å². The third kappa shape index (κ3) is 7.98. The largest absolute Gasteiger partial charge is 0.508 e. The number of phenolic OH excluding ortho intramolecular Hbond substituents is 4. The molecule has 3 aliphatic rings. The van der Waals surface area contributed by atoms with Gasteiger partial charge in [0.05, 0.1) is 25.7 Å². The Balaban J connectivity index is 1.34. The predicted octanol–water partition coefficient (Wildman–Crippen LogP) is 8.35. The molecule has 0 aromatic heterocycles. The first-order valence-corrected chi connectivity index (χ1v) is 19.9. The third-order valence-electron chi connectivity index (χ3n) is 12.0. The number of aromatic hydroxyl groups is 4. The molecule has 0 radical (unpaired) electrons. The van der Waals surface area contributed by atoms with Crippen LogP contribution < -0.4 is 20.1 Å². The minimum absolute atomic E-state index is 0.0403. The van der Waals surface area contributed by atoms with Crippen molar-refractivity contribution >= 4 is 22.2 Å². The van der Waals surface area contributed by atoms with Crippen molar-refractivity contribution in [2.45, 2.75) is 83.7 Å². The Morgan fingerprint density at radius 3 is 2.50 bits per heavy atom. The smallest absolute Gasteiger partial charge is 0.200 e. The third-order valence-corrected chi connectivity index (χ3v) is 12.0. The lowest BCUT2D eigenvalue weighted by Gasteiger charge is -2.42. The number of ether oxygens (including phenoxy) is 2. The molecule has 7 rings (SSSR count). The van der Waals surface area contributed by atoms with E-state index in [-0.39, 0.29) is 46.9 Å². The summed E-state index contributed by atoms with van der Waals surface area (Å²) in [5, 5.41) is 63.8. The van der Waals surface area contributed by atoms with Crippen LogP contribution in [-0.4, -0.2) is 57.7 Å². The summed E-state index contributed by atoms with van der Waals surface area (Å²) < 4.78 is 11.3. The zero-order chi connectivity index (χ0) is 39.6. The van der Waals surface area contributed by atoms with Crippen molar-refractivity contribution in [3.05, 3.63) is 101 Å². The minimum Gasteiger partial charge on any atom is -0.508 e. The number of fused-ring (bicyclic) bond motifs is 5. The Morgan fingerprint density at radius 2 is 1.73 bits per heavy atom. The number of hydrogen-bond donors (Lipinski definition) is 7. The second-order valence-corrected chi connectivity index (χ2v) is 16.2. The Labute approximate surface area is 328 Å². The highest BCUT2D eigenvalue weighted by molar-refractivity contribution is 5.91. The zero-order valence-electron chi connectivity index (χ0n) is 32.5. The number of rotatable bonds is 9. The van der Waals surface area contributed by atoms with E-state index in [1.807, 2.05) is 38.1 Å². The van der Waals surface area contributed by atoms with Crippen LogP contribution in [0.3, 0.4) is 0 Å². The minimum atomic E-state index is -0.973. The summed E-state index contributed by atoms with van der Waals surface area (Å²) in [5.41, 5.74) is 3.91. The Kier molecular flexibility index (Phi) is 11.4. The fraction of sp³-hybridized carbons (Fsp3) is 0.413. The first-order chi connectivity index (χ1) is 26.9. The molecule has 2 bridgehead atoms. The molecule has 296 valence electrons. The van der Waals surface area contributed by atoms with Gasteiger partial charge in [-0.15, -0.1) is 0 Å². The first kappa shape index (κ1) is 38.9. The highest BCUT2D eigenvalue weighted by atomic mass is 16.5. The number of phenols is 4. The van der Waals surface area contributed by atoms with Gasteiger partial charge in [0, 0.05) is 24.1 Å². The summed E-state index contributed by atoms with van der Waals surface area (Å²) in [6, 6.07) is 17.8. The number of aliphatic hydroxyl groups excluding tert-OH is 1. The molecule has 7 N–H and O–H groups in total. The van der Waals surface area contributed by atoms with E-state index >= 15 is 4.79 Å². The summed E-state index contributed by atoms with van der Waals surface area (Å²) in [6.45, 7) is 4.90. The van der Waals surface area contributed by atoms with Gasteiger partial charge >= 0.3 is 0 Å². The van der Waals surface area contributed by atoms with Crippen molar-refractivity contribution in [1.29, 1.82) is 0 Å². The molecule has 4 aromatic carbocycles.